The van der Waals surface area contributed by atoms with Crippen LogP contribution in [0.3, 0.4) is 0 Å². The van der Waals surface area contributed by atoms with Gasteiger partial charge in [0.25, 0.3) is 0 Å². The molecule has 1 aromatic heterocycles. The SMILES string of the molecule is Cc1c(OC(=O)c2cc3ccccc3o2)ccc2c1O/C(=C\c1cc(Cl)cc3c1OCOC3)C2=O. The van der Waals surface area contributed by atoms with Crippen LogP contribution in [0.25, 0.3) is 17.0 Å². The van der Waals surface area contributed by atoms with Gasteiger partial charge in [-0.1, -0.05) is 29.8 Å². The molecule has 4 aromatic rings. The van der Waals surface area contributed by atoms with E-state index in [0.717, 1.165) is 10.9 Å². The second kappa shape index (κ2) is 8.30. The maximum absolute atomic E-state index is 13.0. The van der Waals surface area contributed by atoms with Crippen molar-refractivity contribution in [3.05, 3.63) is 93.4 Å². The number of fused-ring (bicyclic) bond motifs is 3. The average Bonchev–Trinajstić information content (AvgIpc) is 3.43. The standard InChI is InChI=1S/C27H17ClO7/c1-14-20(35-27(30)23-10-15-4-2-3-5-21(15)33-23)7-6-19-24(29)22(34-25(14)19)11-16-8-18(28)9-17-12-31-13-32-26(16)17/h2-11H,12-13H2,1H3/b22-11-. The first kappa shape index (κ1) is 21.5. The first-order valence-corrected chi connectivity index (χ1v) is 11.2. The van der Waals surface area contributed by atoms with Crippen LogP contribution in [-0.4, -0.2) is 18.5 Å². The summed E-state index contributed by atoms with van der Waals surface area (Å²) >= 11 is 6.24. The number of ketones is 1. The maximum Gasteiger partial charge on any atom is 0.379 e. The van der Waals surface area contributed by atoms with Crippen molar-refractivity contribution in [3.8, 4) is 17.2 Å². The molecule has 8 heteroatoms. The van der Waals surface area contributed by atoms with Crippen molar-refractivity contribution in [1.29, 1.82) is 0 Å². The highest BCUT2D eigenvalue weighted by atomic mass is 35.5. The third-order valence-corrected chi connectivity index (χ3v) is 6.07. The molecule has 0 saturated carbocycles. The predicted molar refractivity (Wildman–Crippen MR) is 127 cm³/mol. The third-order valence-electron chi connectivity index (χ3n) is 5.86. The number of esters is 1. The van der Waals surface area contributed by atoms with E-state index in [0.29, 0.717) is 45.4 Å². The Morgan fingerprint density at radius 2 is 1.94 bits per heavy atom. The largest absolute Gasteiger partial charge is 0.467 e. The molecule has 0 saturated heterocycles. The van der Waals surface area contributed by atoms with E-state index < -0.39 is 5.97 Å². The molecule has 0 bridgehead atoms. The molecule has 174 valence electrons. The van der Waals surface area contributed by atoms with E-state index >= 15 is 0 Å². The quantitative estimate of drug-likeness (QED) is 0.196. The van der Waals surface area contributed by atoms with Crippen LogP contribution >= 0.6 is 11.6 Å². The van der Waals surface area contributed by atoms with Gasteiger partial charge in [0.15, 0.2) is 12.6 Å². The first-order chi connectivity index (χ1) is 17.0. The minimum absolute atomic E-state index is 0.0818. The smallest absolute Gasteiger partial charge is 0.379 e. The van der Waals surface area contributed by atoms with Gasteiger partial charge in [0, 0.05) is 27.1 Å². The fraction of sp³-hybridized carbons (Fsp3) is 0.111. The number of allylic oxidation sites excluding steroid dienone is 1. The Balaban J connectivity index is 1.30. The molecule has 3 aromatic carbocycles. The molecular weight excluding hydrogens is 472 g/mol. The lowest BCUT2D eigenvalue weighted by Crippen LogP contribution is -2.12. The number of para-hydroxylation sites is 1. The summed E-state index contributed by atoms with van der Waals surface area (Å²) in [6.45, 7) is 2.19. The van der Waals surface area contributed by atoms with Gasteiger partial charge in [-0.15, -0.1) is 0 Å². The molecule has 6 rings (SSSR count). The summed E-state index contributed by atoms with van der Waals surface area (Å²) < 4.78 is 28.0. The molecule has 0 radical (unpaired) electrons. The van der Waals surface area contributed by atoms with Crippen LogP contribution in [0.5, 0.6) is 17.2 Å². The summed E-state index contributed by atoms with van der Waals surface area (Å²) in [5.41, 5.74) is 2.88. The zero-order valence-electron chi connectivity index (χ0n) is 18.4. The monoisotopic (exact) mass is 488 g/mol. The summed E-state index contributed by atoms with van der Waals surface area (Å²) in [6, 6.07) is 15.5. The number of ether oxygens (including phenoxy) is 4. The van der Waals surface area contributed by atoms with Crippen molar-refractivity contribution in [2.45, 2.75) is 13.5 Å². The lowest BCUT2D eigenvalue weighted by Gasteiger charge is -2.20. The number of carbonyl (C=O) groups excluding carboxylic acids is 2. The van der Waals surface area contributed by atoms with Crippen molar-refractivity contribution in [2.24, 2.45) is 0 Å². The highest BCUT2D eigenvalue weighted by molar-refractivity contribution is 6.31. The molecule has 0 amide bonds. The van der Waals surface area contributed by atoms with Crippen molar-refractivity contribution < 1.29 is 33.0 Å². The van der Waals surface area contributed by atoms with Crippen LogP contribution in [0.2, 0.25) is 5.02 Å². The van der Waals surface area contributed by atoms with Gasteiger partial charge < -0.3 is 23.4 Å². The molecular formula is C27H17ClO7. The van der Waals surface area contributed by atoms with Gasteiger partial charge in [0.1, 0.15) is 22.8 Å². The molecule has 0 fully saturated rings. The van der Waals surface area contributed by atoms with Crippen LogP contribution in [0, 0.1) is 6.92 Å². The van der Waals surface area contributed by atoms with Gasteiger partial charge in [-0.3, -0.25) is 4.79 Å². The Morgan fingerprint density at radius 1 is 1.09 bits per heavy atom. The highest BCUT2D eigenvalue weighted by Crippen LogP contribution is 2.41. The first-order valence-electron chi connectivity index (χ1n) is 10.8. The number of hydrogen-bond acceptors (Lipinski definition) is 7. The van der Waals surface area contributed by atoms with E-state index in [2.05, 4.69) is 0 Å². The average molecular weight is 489 g/mol. The van der Waals surface area contributed by atoms with Crippen molar-refractivity contribution in [3.63, 3.8) is 0 Å². The second-order valence-electron chi connectivity index (χ2n) is 8.14. The molecule has 0 spiro atoms. The Morgan fingerprint density at radius 3 is 2.80 bits per heavy atom. The Bertz CT molecular complexity index is 1530. The normalized spacial score (nSPS) is 15.5. The number of halogens is 1. The molecule has 35 heavy (non-hydrogen) atoms. The number of Topliss-reactive ketones (excluding diaryl/α,β-unsaturated/α-hetero) is 1. The van der Waals surface area contributed by atoms with Gasteiger partial charge in [0.2, 0.25) is 11.5 Å². The Hall–Kier alpha value is -4.07. The topological polar surface area (TPSA) is 84.2 Å². The van der Waals surface area contributed by atoms with E-state index in [1.54, 1.807) is 49.4 Å². The fourth-order valence-corrected chi connectivity index (χ4v) is 4.42. The molecule has 0 unspecified atom stereocenters. The molecule has 2 aliphatic heterocycles. The zero-order valence-corrected chi connectivity index (χ0v) is 19.2. The van der Waals surface area contributed by atoms with Crippen LogP contribution in [0.15, 0.2) is 64.8 Å². The highest BCUT2D eigenvalue weighted by Gasteiger charge is 2.31. The molecule has 0 aliphatic carbocycles. The molecule has 0 N–H and O–H groups in total. The van der Waals surface area contributed by atoms with Crippen LogP contribution in [0.4, 0.5) is 0 Å². The van der Waals surface area contributed by atoms with E-state index in [1.807, 2.05) is 18.2 Å². The van der Waals surface area contributed by atoms with Crippen molar-refractivity contribution >= 4 is 40.4 Å². The molecule has 3 heterocycles. The summed E-state index contributed by atoms with van der Waals surface area (Å²) in [6.07, 6.45) is 1.60. The Labute approximate surface area is 204 Å². The number of furan rings is 1. The van der Waals surface area contributed by atoms with Crippen LogP contribution in [-0.2, 0) is 11.3 Å². The number of rotatable bonds is 3. The van der Waals surface area contributed by atoms with Gasteiger partial charge in [-0.05, 0) is 49.4 Å². The van der Waals surface area contributed by atoms with E-state index in [9.17, 15) is 9.59 Å². The summed E-state index contributed by atoms with van der Waals surface area (Å²) in [5, 5.41) is 1.29. The summed E-state index contributed by atoms with van der Waals surface area (Å²) in [5.74, 6) is 0.452. The van der Waals surface area contributed by atoms with Crippen LogP contribution < -0.4 is 14.2 Å². The lowest BCUT2D eigenvalue weighted by molar-refractivity contribution is -0.0165. The van der Waals surface area contributed by atoms with Gasteiger partial charge in [0.05, 0.1) is 12.2 Å². The van der Waals surface area contributed by atoms with Crippen molar-refractivity contribution in [1.82, 2.24) is 0 Å². The van der Waals surface area contributed by atoms with E-state index in [4.69, 9.17) is 35.0 Å². The van der Waals surface area contributed by atoms with Gasteiger partial charge in [-0.2, -0.15) is 0 Å². The predicted octanol–water partition coefficient (Wildman–Crippen LogP) is 6.10. The number of benzene rings is 3. The van der Waals surface area contributed by atoms with Crippen LogP contribution in [0.1, 0.15) is 37.6 Å². The van der Waals surface area contributed by atoms with E-state index in [1.165, 1.54) is 0 Å². The van der Waals surface area contributed by atoms with Crippen molar-refractivity contribution in [2.75, 3.05) is 6.79 Å². The summed E-state index contributed by atoms with van der Waals surface area (Å²) in [7, 11) is 0. The number of hydrogen-bond donors (Lipinski definition) is 0. The van der Waals surface area contributed by atoms with Gasteiger partial charge >= 0.3 is 5.97 Å². The molecule has 7 nitrogen and oxygen atoms in total. The lowest BCUT2D eigenvalue weighted by atomic mass is 10.0. The second-order valence-corrected chi connectivity index (χ2v) is 8.57. The third kappa shape index (κ3) is 3.75. The maximum atomic E-state index is 13.0. The minimum atomic E-state index is -0.644. The molecule has 2 aliphatic rings. The Kier molecular flexibility index (Phi) is 5.09. The van der Waals surface area contributed by atoms with Gasteiger partial charge in [-0.25, -0.2) is 4.79 Å². The number of carbonyl (C=O) groups is 2. The fourth-order valence-electron chi connectivity index (χ4n) is 4.17. The molecule has 0 atom stereocenters. The van der Waals surface area contributed by atoms with E-state index in [-0.39, 0.29) is 29.8 Å². The summed E-state index contributed by atoms with van der Waals surface area (Å²) in [4.78, 5) is 25.7. The zero-order chi connectivity index (χ0) is 24.1. The minimum Gasteiger partial charge on any atom is -0.467 e.